The van der Waals surface area contributed by atoms with Crippen LogP contribution < -0.4 is 16.0 Å². The number of nitrogens with one attached hydrogen (secondary N) is 3. The molecule has 1 fully saturated rings. The highest BCUT2D eigenvalue weighted by molar-refractivity contribution is 5.94. The van der Waals surface area contributed by atoms with E-state index in [-0.39, 0.29) is 12.2 Å². The molecular weight excluding hydrogens is 370 g/mol. The molecule has 2 amide bonds. The van der Waals surface area contributed by atoms with Gasteiger partial charge in [-0.15, -0.1) is 0 Å². The predicted octanol–water partition coefficient (Wildman–Crippen LogP) is -0.784. The van der Waals surface area contributed by atoms with E-state index in [4.69, 9.17) is 5.11 Å². The van der Waals surface area contributed by atoms with E-state index in [0.29, 0.717) is 18.5 Å². The van der Waals surface area contributed by atoms with Gasteiger partial charge in [0.05, 0.1) is 12.5 Å². The van der Waals surface area contributed by atoms with E-state index in [1.165, 1.54) is 24.3 Å². The first kappa shape index (κ1) is 21.2. The Kier molecular flexibility index (Phi) is 7.33. The van der Waals surface area contributed by atoms with Gasteiger partial charge in [0.1, 0.15) is 17.8 Å². The van der Waals surface area contributed by atoms with E-state index in [2.05, 4.69) is 16.0 Å². The molecule has 1 aliphatic heterocycles. The van der Waals surface area contributed by atoms with Gasteiger partial charge in [-0.05, 0) is 37.1 Å². The van der Waals surface area contributed by atoms with Gasteiger partial charge in [-0.3, -0.25) is 14.4 Å². The number of hydrogen-bond acceptors (Lipinski definition) is 6. The summed E-state index contributed by atoms with van der Waals surface area (Å²) in [6, 6.07) is 2.58. The average Bonchev–Trinajstić information content (AvgIpc) is 3.16. The van der Waals surface area contributed by atoms with E-state index in [1.807, 2.05) is 0 Å². The maximum absolute atomic E-state index is 12.5. The third-order valence-corrected chi connectivity index (χ3v) is 4.38. The molecule has 1 aromatic rings. The topological polar surface area (TPSA) is 165 Å². The smallest absolute Gasteiger partial charge is 0.326 e. The predicted molar refractivity (Wildman–Crippen MR) is 96.6 cm³/mol. The number of benzene rings is 1. The lowest BCUT2D eigenvalue weighted by molar-refractivity contribution is -0.143. The fraction of sp³-hybridized carbons (Fsp3) is 0.444. The summed E-state index contributed by atoms with van der Waals surface area (Å²) in [6.07, 6.45) is 0.628. The first-order valence-corrected chi connectivity index (χ1v) is 8.83. The molecule has 10 heteroatoms. The van der Waals surface area contributed by atoms with Gasteiger partial charge in [0.25, 0.3) is 0 Å². The third kappa shape index (κ3) is 6.23. The lowest BCUT2D eigenvalue weighted by Crippen LogP contribution is -2.55. The summed E-state index contributed by atoms with van der Waals surface area (Å²) in [5.74, 6) is -3.97. The number of carboxylic acid groups (broad SMARTS) is 2. The number of carbonyl (C=O) groups is 4. The van der Waals surface area contributed by atoms with E-state index >= 15 is 0 Å². The Morgan fingerprint density at radius 2 is 1.75 bits per heavy atom. The van der Waals surface area contributed by atoms with Crippen LogP contribution in [-0.2, 0) is 25.6 Å². The van der Waals surface area contributed by atoms with E-state index in [9.17, 15) is 29.4 Å². The second kappa shape index (κ2) is 9.70. The molecule has 0 aliphatic carbocycles. The van der Waals surface area contributed by atoms with Crippen molar-refractivity contribution >= 4 is 23.8 Å². The largest absolute Gasteiger partial charge is 0.508 e. The molecule has 3 atom stereocenters. The van der Waals surface area contributed by atoms with E-state index in [0.717, 1.165) is 6.42 Å². The van der Waals surface area contributed by atoms with Crippen molar-refractivity contribution in [2.24, 2.45) is 0 Å². The second-order valence-corrected chi connectivity index (χ2v) is 6.58. The molecule has 28 heavy (non-hydrogen) atoms. The quantitative estimate of drug-likeness (QED) is 0.318. The fourth-order valence-corrected chi connectivity index (χ4v) is 2.90. The van der Waals surface area contributed by atoms with E-state index in [1.54, 1.807) is 0 Å². The summed E-state index contributed by atoms with van der Waals surface area (Å²) < 4.78 is 0. The number of amides is 2. The van der Waals surface area contributed by atoms with Crippen molar-refractivity contribution in [2.75, 3.05) is 6.54 Å². The average molecular weight is 393 g/mol. The molecule has 1 saturated heterocycles. The van der Waals surface area contributed by atoms with Gasteiger partial charge < -0.3 is 31.3 Å². The molecule has 1 aromatic carbocycles. The zero-order valence-electron chi connectivity index (χ0n) is 15.1. The van der Waals surface area contributed by atoms with Crippen LogP contribution in [-0.4, -0.2) is 63.7 Å². The van der Waals surface area contributed by atoms with Gasteiger partial charge in [-0.1, -0.05) is 12.1 Å². The molecule has 2 rings (SSSR count). The molecule has 3 unspecified atom stereocenters. The van der Waals surface area contributed by atoms with Crippen LogP contribution in [0.2, 0.25) is 0 Å². The standard InChI is InChI=1S/C18H23N3O7/c22-11-5-3-10(4-6-11)8-14(18(27)28)21-17(26)13(9-15(23)24)20-16(25)12-2-1-7-19-12/h3-6,12-14,19,22H,1-2,7-9H2,(H,20,25)(H,21,26)(H,23,24)(H,27,28). The molecule has 6 N–H and O–H groups in total. The van der Waals surface area contributed by atoms with Crippen molar-refractivity contribution < 1.29 is 34.5 Å². The van der Waals surface area contributed by atoms with Crippen molar-refractivity contribution in [3.05, 3.63) is 29.8 Å². The van der Waals surface area contributed by atoms with Crippen molar-refractivity contribution in [3.63, 3.8) is 0 Å². The molecule has 0 aromatic heterocycles. The van der Waals surface area contributed by atoms with Crippen LogP contribution in [0.4, 0.5) is 0 Å². The summed E-state index contributed by atoms with van der Waals surface area (Å²) in [4.78, 5) is 47.3. The Hall–Kier alpha value is -3.14. The van der Waals surface area contributed by atoms with Crippen LogP contribution in [0.1, 0.15) is 24.8 Å². The number of hydrogen-bond donors (Lipinski definition) is 6. The molecule has 152 valence electrons. The number of phenolic OH excluding ortho intramolecular Hbond substituents is 1. The zero-order valence-corrected chi connectivity index (χ0v) is 15.1. The van der Waals surface area contributed by atoms with Crippen LogP contribution in [0, 0.1) is 0 Å². The molecule has 0 spiro atoms. The number of carbonyl (C=O) groups excluding carboxylic acids is 2. The van der Waals surface area contributed by atoms with Gasteiger partial charge in [0, 0.05) is 6.42 Å². The Labute approximate surface area is 160 Å². The van der Waals surface area contributed by atoms with Crippen LogP contribution in [0.15, 0.2) is 24.3 Å². The minimum atomic E-state index is -1.39. The highest BCUT2D eigenvalue weighted by Crippen LogP contribution is 2.12. The molecule has 10 nitrogen and oxygen atoms in total. The number of phenols is 1. The molecule has 1 aliphatic rings. The van der Waals surface area contributed by atoms with Crippen molar-refractivity contribution in [1.82, 2.24) is 16.0 Å². The van der Waals surface area contributed by atoms with Gasteiger partial charge in [-0.2, -0.15) is 0 Å². The highest BCUT2D eigenvalue weighted by Gasteiger charge is 2.31. The lowest BCUT2D eigenvalue weighted by Gasteiger charge is -2.22. The van der Waals surface area contributed by atoms with Crippen molar-refractivity contribution in [2.45, 2.75) is 43.8 Å². The van der Waals surface area contributed by atoms with Crippen molar-refractivity contribution in [1.29, 1.82) is 0 Å². The number of rotatable bonds is 9. The number of aliphatic carboxylic acids is 2. The fourth-order valence-electron chi connectivity index (χ4n) is 2.90. The second-order valence-electron chi connectivity index (χ2n) is 6.58. The summed E-state index contributed by atoms with van der Waals surface area (Å²) in [7, 11) is 0. The first-order valence-electron chi connectivity index (χ1n) is 8.83. The Bertz CT molecular complexity index is 729. The van der Waals surface area contributed by atoms with Gasteiger partial charge in [0.2, 0.25) is 11.8 Å². The summed E-state index contributed by atoms with van der Waals surface area (Å²) in [6.45, 7) is 0.654. The zero-order chi connectivity index (χ0) is 20.7. The molecular formula is C18H23N3O7. The summed E-state index contributed by atoms with van der Waals surface area (Å²) >= 11 is 0. The molecule has 0 radical (unpaired) electrons. The number of carboxylic acids is 2. The monoisotopic (exact) mass is 393 g/mol. The molecule has 0 bridgehead atoms. The Morgan fingerprint density at radius 1 is 1.07 bits per heavy atom. The van der Waals surface area contributed by atoms with Crippen LogP contribution >= 0.6 is 0 Å². The first-order chi connectivity index (χ1) is 13.3. The minimum Gasteiger partial charge on any atom is -0.508 e. The van der Waals surface area contributed by atoms with Crippen LogP contribution in [0.5, 0.6) is 5.75 Å². The summed E-state index contributed by atoms with van der Waals surface area (Å²) in [5.41, 5.74) is 0.555. The third-order valence-electron chi connectivity index (χ3n) is 4.38. The van der Waals surface area contributed by atoms with Crippen LogP contribution in [0.3, 0.4) is 0 Å². The molecule has 0 saturated carbocycles. The van der Waals surface area contributed by atoms with Gasteiger partial charge in [0.15, 0.2) is 0 Å². The Balaban J connectivity index is 2.05. The minimum absolute atomic E-state index is 0.0180. The van der Waals surface area contributed by atoms with Gasteiger partial charge in [-0.25, -0.2) is 4.79 Å². The van der Waals surface area contributed by atoms with E-state index < -0.39 is 48.3 Å². The SMILES string of the molecule is O=C(O)CC(NC(=O)C1CCCN1)C(=O)NC(Cc1ccc(O)cc1)C(=O)O. The Morgan fingerprint density at radius 3 is 2.29 bits per heavy atom. The number of aromatic hydroxyl groups is 1. The van der Waals surface area contributed by atoms with Gasteiger partial charge >= 0.3 is 11.9 Å². The summed E-state index contributed by atoms with van der Waals surface area (Å²) in [5, 5.41) is 35.3. The highest BCUT2D eigenvalue weighted by atomic mass is 16.4. The maximum atomic E-state index is 12.5. The van der Waals surface area contributed by atoms with Crippen molar-refractivity contribution in [3.8, 4) is 5.75 Å². The maximum Gasteiger partial charge on any atom is 0.326 e. The lowest BCUT2D eigenvalue weighted by atomic mass is 10.0. The van der Waals surface area contributed by atoms with Crippen LogP contribution in [0.25, 0.3) is 0 Å². The molecule has 1 heterocycles. The normalized spacial score (nSPS) is 18.1.